The molecule has 0 unspecified atom stereocenters. The number of likely N-dealkylation sites (N-methyl/N-ethyl adjacent to an activating group) is 1. The Bertz CT molecular complexity index is 1110. The van der Waals surface area contributed by atoms with Gasteiger partial charge in [-0.05, 0) is 18.2 Å². The number of aromatic nitrogens is 4. The molecule has 148 valence electrons. The van der Waals surface area contributed by atoms with Crippen molar-refractivity contribution in [3.8, 4) is 6.07 Å². The topological polar surface area (TPSA) is 158 Å². The predicted molar refractivity (Wildman–Crippen MR) is 99.8 cm³/mol. The van der Waals surface area contributed by atoms with E-state index in [9.17, 15) is 15.0 Å². The Kier molecular flexibility index (Phi) is 4.81. The van der Waals surface area contributed by atoms with Crippen LogP contribution in [0.4, 0.5) is 11.5 Å². The van der Waals surface area contributed by atoms with E-state index >= 15 is 0 Å². The Morgan fingerprint density at radius 3 is 2.86 bits per heavy atom. The number of anilines is 2. The minimum absolute atomic E-state index is 0.341. The molecule has 3 aromatic rings. The molecule has 1 amide bonds. The van der Waals surface area contributed by atoms with Gasteiger partial charge in [-0.1, -0.05) is 6.07 Å². The second kappa shape index (κ2) is 7.44. The Balaban J connectivity index is 1.67. The average Bonchev–Trinajstić information content (AvgIpc) is 3.30. The zero-order valence-electron chi connectivity index (χ0n) is 15.2. The number of carbonyl (C=O) groups is 1. The first-order valence-electron chi connectivity index (χ1n) is 8.71. The molecule has 11 nitrogen and oxygen atoms in total. The van der Waals surface area contributed by atoms with Gasteiger partial charge in [-0.25, -0.2) is 15.0 Å². The molecule has 0 saturated carbocycles. The summed E-state index contributed by atoms with van der Waals surface area (Å²) < 4.78 is 7.01. The molecular formula is C18H17N7O4. The van der Waals surface area contributed by atoms with Gasteiger partial charge >= 0.3 is 0 Å². The Morgan fingerprint density at radius 1 is 1.28 bits per heavy atom. The maximum absolute atomic E-state index is 11.9. The number of nitriles is 1. The van der Waals surface area contributed by atoms with Crippen molar-refractivity contribution >= 4 is 28.6 Å². The molecule has 4 rings (SSSR count). The Morgan fingerprint density at radius 2 is 2.10 bits per heavy atom. The second-order valence-corrected chi connectivity index (χ2v) is 6.41. The molecule has 0 bridgehead atoms. The number of nitrogens with one attached hydrogen (secondary N) is 2. The molecule has 0 spiro atoms. The van der Waals surface area contributed by atoms with Gasteiger partial charge in [0.05, 0.1) is 18.0 Å². The Labute approximate surface area is 164 Å². The van der Waals surface area contributed by atoms with Crippen molar-refractivity contribution in [1.82, 2.24) is 24.8 Å². The minimum Gasteiger partial charge on any atom is -0.387 e. The smallest absolute Gasteiger partial charge is 0.251 e. The number of fused-ring (bicyclic) bond motifs is 1. The van der Waals surface area contributed by atoms with Gasteiger partial charge < -0.3 is 25.6 Å². The highest BCUT2D eigenvalue weighted by Gasteiger charge is 2.47. The van der Waals surface area contributed by atoms with Gasteiger partial charge in [0.1, 0.15) is 18.5 Å². The van der Waals surface area contributed by atoms with Crippen LogP contribution in [0.1, 0.15) is 11.8 Å². The lowest BCUT2D eigenvalue weighted by Gasteiger charge is -2.16. The highest BCUT2D eigenvalue weighted by Crippen LogP contribution is 2.32. The van der Waals surface area contributed by atoms with E-state index in [4.69, 9.17) is 10.00 Å². The van der Waals surface area contributed by atoms with Gasteiger partial charge in [-0.2, -0.15) is 5.26 Å². The third-order valence-electron chi connectivity index (χ3n) is 4.63. The summed E-state index contributed by atoms with van der Waals surface area (Å²) in [6, 6.07) is 8.93. The zero-order valence-corrected chi connectivity index (χ0v) is 15.2. The first-order valence-corrected chi connectivity index (χ1v) is 8.71. The number of hydrogen-bond donors (Lipinski definition) is 4. The van der Waals surface area contributed by atoms with Gasteiger partial charge in [0.15, 0.2) is 29.3 Å². The van der Waals surface area contributed by atoms with Crippen molar-refractivity contribution in [3.05, 3.63) is 42.5 Å². The van der Waals surface area contributed by atoms with Crippen LogP contribution in [-0.4, -0.2) is 61.0 Å². The normalized spacial score (nSPS) is 23.7. The summed E-state index contributed by atoms with van der Waals surface area (Å²) in [7, 11) is 1.41. The van der Waals surface area contributed by atoms with Crippen molar-refractivity contribution < 1.29 is 19.7 Å². The molecule has 0 radical (unpaired) electrons. The SMILES string of the molecule is CNC(=O)[C@H]1O[C@@H](n2cnc3c(Nc4cccc(C#N)c4)ncnc32)[C@H](O)[C@@H]1O. The van der Waals surface area contributed by atoms with Crippen molar-refractivity contribution in [2.24, 2.45) is 0 Å². The number of carbonyl (C=O) groups excluding carboxylic acids is 1. The number of rotatable bonds is 4. The molecule has 11 heteroatoms. The van der Waals surface area contributed by atoms with E-state index in [1.165, 1.54) is 24.3 Å². The molecule has 3 heterocycles. The molecule has 0 aliphatic carbocycles. The summed E-state index contributed by atoms with van der Waals surface area (Å²) in [4.78, 5) is 24.5. The van der Waals surface area contributed by atoms with Gasteiger partial charge in [0.25, 0.3) is 5.91 Å². The summed E-state index contributed by atoms with van der Waals surface area (Å²) in [6.07, 6.45) is -2.32. The molecule has 2 aromatic heterocycles. The molecular weight excluding hydrogens is 378 g/mol. The van der Waals surface area contributed by atoms with Crippen LogP contribution in [-0.2, 0) is 9.53 Å². The lowest BCUT2D eigenvalue weighted by molar-refractivity contribution is -0.137. The summed E-state index contributed by atoms with van der Waals surface area (Å²) in [5.74, 6) is -0.155. The quantitative estimate of drug-likeness (QED) is 0.469. The van der Waals surface area contributed by atoms with Crippen LogP contribution < -0.4 is 10.6 Å². The van der Waals surface area contributed by atoms with E-state index in [1.54, 1.807) is 24.3 Å². The van der Waals surface area contributed by atoms with Crippen molar-refractivity contribution in [2.75, 3.05) is 12.4 Å². The van der Waals surface area contributed by atoms with Crippen LogP contribution in [0.15, 0.2) is 36.9 Å². The summed E-state index contributed by atoms with van der Waals surface area (Å²) in [5.41, 5.74) is 1.87. The molecule has 1 fully saturated rings. The van der Waals surface area contributed by atoms with E-state index in [-0.39, 0.29) is 0 Å². The third-order valence-corrected chi connectivity index (χ3v) is 4.63. The van der Waals surface area contributed by atoms with E-state index in [2.05, 4.69) is 31.7 Å². The molecule has 29 heavy (non-hydrogen) atoms. The fourth-order valence-electron chi connectivity index (χ4n) is 3.18. The molecule has 4 N–H and O–H groups in total. The van der Waals surface area contributed by atoms with Crippen LogP contribution in [0.3, 0.4) is 0 Å². The predicted octanol–water partition coefficient (Wildman–Crippen LogP) is -0.193. The van der Waals surface area contributed by atoms with Crippen molar-refractivity contribution in [2.45, 2.75) is 24.5 Å². The van der Waals surface area contributed by atoms with Crippen molar-refractivity contribution in [1.29, 1.82) is 5.26 Å². The number of hydrogen-bond acceptors (Lipinski definition) is 9. The maximum Gasteiger partial charge on any atom is 0.251 e. The van der Waals surface area contributed by atoms with Crippen LogP contribution in [0.25, 0.3) is 11.2 Å². The zero-order chi connectivity index (χ0) is 20.5. The van der Waals surface area contributed by atoms with Crippen LogP contribution in [0.2, 0.25) is 0 Å². The highest BCUT2D eigenvalue weighted by molar-refractivity contribution is 5.85. The standard InChI is InChI=1S/C18H17N7O4/c1-20-17(28)14-12(26)13(27)18(29-14)25-8-23-11-15(21-7-22-16(11)25)24-10-4-2-3-9(5-10)6-19/h2-5,7-8,12-14,18,26-27H,1H3,(H,20,28)(H,21,22,24)/t12-,13+,14-,18+/m0/s1. The van der Waals surface area contributed by atoms with Crippen LogP contribution in [0, 0.1) is 11.3 Å². The molecule has 4 atom stereocenters. The number of benzene rings is 1. The average molecular weight is 395 g/mol. The molecule has 1 aromatic carbocycles. The molecule has 1 saturated heterocycles. The van der Waals surface area contributed by atoms with Gasteiger partial charge in [-0.3, -0.25) is 9.36 Å². The van der Waals surface area contributed by atoms with Crippen LogP contribution >= 0.6 is 0 Å². The first-order chi connectivity index (χ1) is 14.0. The lowest BCUT2D eigenvalue weighted by Crippen LogP contribution is -2.41. The van der Waals surface area contributed by atoms with E-state index in [0.717, 1.165) is 0 Å². The number of aliphatic hydroxyl groups is 2. The van der Waals surface area contributed by atoms with Gasteiger partial charge in [0, 0.05) is 12.7 Å². The van der Waals surface area contributed by atoms with Gasteiger partial charge in [-0.15, -0.1) is 0 Å². The first kappa shape index (κ1) is 18.8. The number of imidazole rings is 1. The fraction of sp³-hybridized carbons (Fsp3) is 0.278. The molecule has 1 aliphatic rings. The summed E-state index contributed by atoms with van der Waals surface area (Å²) >= 11 is 0. The third kappa shape index (κ3) is 3.25. The van der Waals surface area contributed by atoms with Gasteiger partial charge in [0.2, 0.25) is 0 Å². The highest BCUT2D eigenvalue weighted by atomic mass is 16.6. The van der Waals surface area contributed by atoms with Crippen molar-refractivity contribution in [3.63, 3.8) is 0 Å². The summed E-state index contributed by atoms with van der Waals surface area (Å²) in [5, 5.41) is 35.0. The number of ether oxygens (including phenoxy) is 1. The van der Waals surface area contributed by atoms with E-state index in [0.29, 0.717) is 28.2 Å². The summed E-state index contributed by atoms with van der Waals surface area (Å²) in [6.45, 7) is 0. The fourth-order valence-corrected chi connectivity index (χ4v) is 3.18. The van der Waals surface area contributed by atoms with E-state index < -0.39 is 30.4 Å². The minimum atomic E-state index is -1.40. The number of nitrogens with zero attached hydrogens (tertiary/aromatic N) is 5. The lowest BCUT2D eigenvalue weighted by atomic mass is 10.1. The largest absolute Gasteiger partial charge is 0.387 e. The number of amides is 1. The number of aliphatic hydroxyl groups excluding tert-OH is 2. The molecule has 1 aliphatic heterocycles. The van der Waals surface area contributed by atoms with Crippen LogP contribution in [0.5, 0.6) is 0 Å². The maximum atomic E-state index is 11.9. The second-order valence-electron chi connectivity index (χ2n) is 6.41. The Hall–Kier alpha value is -3.59. The van der Waals surface area contributed by atoms with E-state index in [1.807, 2.05) is 0 Å². The monoisotopic (exact) mass is 395 g/mol.